The first-order valence-corrected chi connectivity index (χ1v) is 11.1. The molecule has 1 amide bonds. The molecule has 1 aromatic heterocycles. The van der Waals surface area contributed by atoms with Gasteiger partial charge in [0.2, 0.25) is 0 Å². The standard InChI is InChI=1S/C26H22N2O3S/c1-18-27-24(17-32-18)21-11-13-22(14-12-21)25(29)28(15-19-5-3-2-4-6-19)16-20-7-9-23(10-8-20)26(30)31/h2-14,17H,15-16H2,1H3,(H,30,31). The number of hydrogen-bond acceptors (Lipinski definition) is 4. The van der Waals surface area contributed by atoms with E-state index in [1.807, 2.05) is 66.9 Å². The van der Waals surface area contributed by atoms with Crippen LogP contribution in [-0.2, 0) is 13.1 Å². The van der Waals surface area contributed by atoms with Crippen molar-refractivity contribution >= 4 is 23.2 Å². The molecule has 0 aliphatic heterocycles. The van der Waals surface area contributed by atoms with Gasteiger partial charge in [-0.05, 0) is 42.3 Å². The molecule has 4 rings (SSSR count). The molecule has 0 radical (unpaired) electrons. The number of aromatic nitrogens is 1. The fourth-order valence-electron chi connectivity index (χ4n) is 3.44. The van der Waals surface area contributed by atoms with Crippen LogP contribution < -0.4 is 0 Å². The molecular weight excluding hydrogens is 420 g/mol. The van der Waals surface area contributed by atoms with Crippen LogP contribution in [0.25, 0.3) is 11.3 Å². The lowest BCUT2D eigenvalue weighted by molar-refractivity contribution is 0.0693. The molecule has 3 aromatic carbocycles. The lowest BCUT2D eigenvalue weighted by Crippen LogP contribution is -2.30. The van der Waals surface area contributed by atoms with E-state index < -0.39 is 5.97 Å². The quantitative estimate of drug-likeness (QED) is 0.401. The third kappa shape index (κ3) is 5.10. The van der Waals surface area contributed by atoms with Crippen LogP contribution in [0.1, 0.15) is 36.9 Å². The lowest BCUT2D eigenvalue weighted by atomic mass is 10.1. The normalized spacial score (nSPS) is 10.7. The van der Waals surface area contributed by atoms with Crippen LogP contribution in [0.2, 0.25) is 0 Å². The number of carbonyl (C=O) groups excluding carboxylic acids is 1. The number of aryl methyl sites for hydroxylation is 1. The number of carboxylic acid groups (broad SMARTS) is 1. The third-order valence-corrected chi connectivity index (χ3v) is 5.90. The van der Waals surface area contributed by atoms with E-state index in [0.29, 0.717) is 18.7 Å². The molecule has 0 aliphatic rings. The van der Waals surface area contributed by atoms with Crippen LogP contribution in [-0.4, -0.2) is 26.9 Å². The van der Waals surface area contributed by atoms with Crippen molar-refractivity contribution in [3.63, 3.8) is 0 Å². The molecule has 6 heteroatoms. The fourth-order valence-corrected chi connectivity index (χ4v) is 4.06. The van der Waals surface area contributed by atoms with Gasteiger partial charge >= 0.3 is 5.97 Å². The Bertz CT molecular complexity index is 1220. The lowest BCUT2D eigenvalue weighted by Gasteiger charge is -2.23. The number of nitrogens with zero attached hydrogens (tertiary/aromatic N) is 2. The Labute approximate surface area is 190 Å². The summed E-state index contributed by atoms with van der Waals surface area (Å²) in [6.45, 7) is 2.80. The molecular formula is C26H22N2O3S. The van der Waals surface area contributed by atoms with Crippen molar-refractivity contribution in [2.45, 2.75) is 20.0 Å². The summed E-state index contributed by atoms with van der Waals surface area (Å²) in [6, 6.07) is 24.0. The Morgan fingerprint density at radius 1 is 0.844 bits per heavy atom. The predicted octanol–water partition coefficient (Wildman–Crippen LogP) is 5.66. The summed E-state index contributed by atoms with van der Waals surface area (Å²) in [6.07, 6.45) is 0. The molecule has 160 valence electrons. The number of thiazole rings is 1. The number of hydrogen-bond donors (Lipinski definition) is 1. The van der Waals surface area contributed by atoms with Crippen molar-refractivity contribution in [3.8, 4) is 11.3 Å². The van der Waals surface area contributed by atoms with Crippen LogP contribution in [0.5, 0.6) is 0 Å². The summed E-state index contributed by atoms with van der Waals surface area (Å²) in [5.41, 5.74) is 4.60. The van der Waals surface area contributed by atoms with E-state index in [1.165, 1.54) is 0 Å². The molecule has 4 aromatic rings. The zero-order chi connectivity index (χ0) is 22.5. The van der Waals surface area contributed by atoms with Gasteiger partial charge in [-0.1, -0.05) is 54.6 Å². The molecule has 0 fully saturated rings. The van der Waals surface area contributed by atoms with Gasteiger partial charge in [-0.25, -0.2) is 9.78 Å². The van der Waals surface area contributed by atoms with E-state index in [-0.39, 0.29) is 11.5 Å². The van der Waals surface area contributed by atoms with Gasteiger partial charge in [-0.15, -0.1) is 11.3 Å². The molecule has 0 spiro atoms. The Balaban J connectivity index is 1.58. The van der Waals surface area contributed by atoms with Crippen LogP contribution in [0, 0.1) is 6.92 Å². The minimum Gasteiger partial charge on any atom is -0.478 e. The average Bonchev–Trinajstić information content (AvgIpc) is 3.25. The van der Waals surface area contributed by atoms with E-state index in [0.717, 1.165) is 27.4 Å². The van der Waals surface area contributed by atoms with Gasteiger partial charge in [0.1, 0.15) is 0 Å². The molecule has 0 unspecified atom stereocenters. The summed E-state index contributed by atoms with van der Waals surface area (Å²) in [5.74, 6) is -1.05. The highest BCUT2D eigenvalue weighted by molar-refractivity contribution is 7.09. The van der Waals surface area contributed by atoms with E-state index in [4.69, 9.17) is 5.11 Å². The van der Waals surface area contributed by atoms with Crippen molar-refractivity contribution in [1.82, 2.24) is 9.88 Å². The summed E-state index contributed by atoms with van der Waals surface area (Å²) < 4.78 is 0. The van der Waals surface area contributed by atoms with E-state index >= 15 is 0 Å². The van der Waals surface area contributed by atoms with Crippen LogP contribution in [0.3, 0.4) is 0 Å². The Kier molecular flexibility index (Phi) is 6.42. The summed E-state index contributed by atoms with van der Waals surface area (Å²) in [7, 11) is 0. The summed E-state index contributed by atoms with van der Waals surface area (Å²) in [4.78, 5) is 30.8. The maximum absolute atomic E-state index is 13.4. The van der Waals surface area contributed by atoms with Crippen molar-refractivity contribution in [3.05, 3.63) is 112 Å². The largest absolute Gasteiger partial charge is 0.478 e. The average molecular weight is 443 g/mol. The van der Waals surface area contributed by atoms with Crippen molar-refractivity contribution in [2.24, 2.45) is 0 Å². The minimum atomic E-state index is -0.968. The zero-order valence-electron chi connectivity index (χ0n) is 17.6. The molecule has 0 saturated carbocycles. The number of benzene rings is 3. The highest BCUT2D eigenvalue weighted by Crippen LogP contribution is 2.23. The topological polar surface area (TPSA) is 70.5 Å². The van der Waals surface area contributed by atoms with Gasteiger partial charge in [0, 0.05) is 29.6 Å². The monoisotopic (exact) mass is 442 g/mol. The number of aromatic carboxylic acids is 1. The molecule has 5 nitrogen and oxygen atoms in total. The van der Waals surface area contributed by atoms with Gasteiger partial charge in [-0.3, -0.25) is 4.79 Å². The minimum absolute atomic E-state index is 0.0860. The SMILES string of the molecule is Cc1nc(-c2ccc(C(=O)N(Cc3ccccc3)Cc3ccc(C(=O)O)cc3)cc2)cs1. The number of rotatable bonds is 7. The Morgan fingerprint density at radius 2 is 1.44 bits per heavy atom. The summed E-state index contributed by atoms with van der Waals surface area (Å²) in [5, 5.41) is 12.1. The van der Waals surface area contributed by atoms with Gasteiger partial charge < -0.3 is 10.0 Å². The maximum Gasteiger partial charge on any atom is 0.335 e. The van der Waals surface area contributed by atoms with Crippen molar-refractivity contribution in [1.29, 1.82) is 0 Å². The Hall–Kier alpha value is -3.77. The maximum atomic E-state index is 13.4. The zero-order valence-corrected chi connectivity index (χ0v) is 18.4. The smallest absolute Gasteiger partial charge is 0.335 e. The molecule has 0 atom stereocenters. The highest BCUT2D eigenvalue weighted by atomic mass is 32.1. The third-order valence-electron chi connectivity index (χ3n) is 5.12. The fraction of sp³-hybridized carbons (Fsp3) is 0.115. The predicted molar refractivity (Wildman–Crippen MR) is 126 cm³/mol. The molecule has 0 saturated heterocycles. The molecule has 0 bridgehead atoms. The number of amides is 1. The molecule has 0 aliphatic carbocycles. The van der Waals surface area contributed by atoms with Crippen molar-refractivity contribution in [2.75, 3.05) is 0 Å². The second-order valence-electron chi connectivity index (χ2n) is 7.48. The number of carbonyl (C=O) groups is 2. The first kappa shape index (κ1) is 21.5. The van der Waals surface area contributed by atoms with Gasteiger partial charge in [0.25, 0.3) is 5.91 Å². The van der Waals surface area contributed by atoms with Crippen LogP contribution in [0.4, 0.5) is 0 Å². The van der Waals surface area contributed by atoms with Gasteiger partial charge in [0.05, 0.1) is 16.3 Å². The Morgan fingerprint density at radius 3 is 2.00 bits per heavy atom. The van der Waals surface area contributed by atoms with E-state index in [1.54, 1.807) is 40.5 Å². The first-order chi connectivity index (χ1) is 15.5. The van der Waals surface area contributed by atoms with Crippen LogP contribution >= 0.6 is 11.3 Å². The van der Waals surface area contributed by atoms with E-state index in [9.17, 15) is 9.59 Å². The highest BCUT2D eigenvalue weighted by Gasteiger charge is 2.17. The molecule has 1 N–H and O–H groups in total. The second-order valence-corrected chi connectivity index (χ2v) is 8.54. The van der Waals surface area contributed by atoms with E-state index in [2.05, 4.69) is 4.98 Å². The van der Waals surface area contributed by atoms with Gasteiger partial charge in [-0.2, -0.15) is 0 Å². The van der Waals surface area contributed by atoms with Crippen molar-refractivity contribution < 1.29 is 14.7 Å². The first-order valence-electron chi connectivity index (χ1n) is 10.2. The second kappa shape index (κ2) is 9.58. The van der Waals surface area contributed by atoms with Crippen LogP contribution in [0.15, 0.2) is 84.2 Å². The molecule has 32 heavy (non-hydrogen) atoms. The number of carboxylic acids is 1. The molecule has 1 heterocycles. The summed E-state index contributed by atoms with van der Waals surface area (Å²) >= 11 is 1.60. The van der Waals surface area contributed by atoms with Gasteiger partial charge in [0.15, 0.2) is 0 Å².